The highest BCUT2D eigenvalue weighted by Crippen LogP contribution is 2.30. The molecule has 3 N–H and O–H groups in total. The number of benzene rings is 3. The van der Waals surface area contributed by atoms with Gasteiger partial charge >= 0.3 is 6.03 Å². The first-order valence-corrected chi connectivity index (χ1v) is 10.2. The van der Waals surface area contributed by atoms with Crippen molar-refractivity contribution < 1.29 is 13.9 Å². The van der Waals surface area contributed by atoms with Crippen molar-refractivity contribution in [2.24, 2.45) is 0 Å². The quantitative estimate of drug-likeness (QED) is 0.363. The second-order valence-electron chi connectivity index (χ2n) is 7.19. The number of carbonyl (C=O) groups is 1. The summed E-state index contributed by atoms with van der Waals surface area (Å²) in [6.45, 7) is 2.87. The maximum absolute atomic E-state index is 13.5. The average Bonchev–Trinajstić information content (AvgIpc) is 3.21. The highest BCUT2D eigenvalue weighted by atomic mass is 19.1. The molecule has 1 aromatic heterocycles. The van der Waals surface area contributed by atoms with E-state index in [0.29, 0.717) is 18.8 Å². The second-order valence-corrected chi connectivity index (χ2v) is 7.19. The van der Waals surface area contributed by atoms with Gasteiger partial charge in [0.1, 0.15) is 11.6 Å². The minimum absolute atomic E-state index is 0.136. The molecule has 4 rings (SSSR count). The van der Waals surface area contributed by atoms with Gasteiger partial charge in [-0.25, -0.2) is 9.18 Å². The molecule has 0 aliphatic heterocycles. The molecule has 0 saturated carbocycles. The van der Waals surface area contributed by atoms with Crippen LogP contribution in [0.15, 0.2) is 79.0 Å². The van der Waals surface area contributed by atoms with Crippen LogP contribution in [-0.4, -0.2) is 24.2 Å². The van der Waals surface area contributed by atoms with E-state index in [0.717, 1.165) is 27.8 Å². The largest absolute Gasteiger partial charge is 0.494 e. The van der Waals surface area contributed by atoms with Crippen LogP contribution in [0, 0.1) is 5.82 Å². The van der Waals surface area contributed by atoms with E-state index in [4.69, 9.17) is 4.74 Å². The molecule has 0 bridgehead atoms. The lowest BCUT2D eigenvalue weighted by atomic mass is 9.91. The fourth-order valence-electron chi connectivity index (χ4n) is 3.66. The molecule has 0 radical (unpaired) electrons. The lowest BCUT2D eigenvalue weighted by Crippen LogP contribution is -2.32. The van der Waals surface area contributed by atoms with Crippen LogP contribution in [0.3, 0.4) is 0 Å². The summed E-state index contributed by atoms with van der Waals surface area (Å²) in [5.41, 5.74) is 3.66. The van der Waals surface area contributed by atoms with Gasteiger partial charge in [0.25, 0.3) is 0 Å². The first-order chi connectivity index (χ1) is 15.1. The van der Waals surface area contributed by atoms with Crippen LogP contribution in [0.1, 0.15) is 24.0 Å². The maximum atomic E-state index is 13.5. The summed E-state index contributed by atoms with van der Waals surface area (Å²) in [4.78, 5) is 15.8. The Labute approximate surface area is 180 Å². The number of hydrogen-bond acceptors (Lipinski definition) is 2. The van der Waals surface area contributed by atoms with Crippen molar-refractivity contribution in [2.45, 2.75) is 12.8 Å². The molecule has 4 aromatic rings. The van der Waals surface area contributed by atoms with E-state index in [-0.39, 0.29) is 17.8 Å². The predicted octanol–water partition coefficient (Wildman–Crippen LogP) is 5.66. The monoisotopic (exact) mass is 417 g/mol. The van der Waals surface area contributed by atoms with Crippen LogP contribution in [0.5, 0.6) is 5.75 Å². The van der Waals surface area contributed by atoms with Crippen molar-refractivity contribution in [1.82, 2.24) is 10.3 Å². The smallest absolute Gasteiger partial charge is 0.319 e. The third-order valence-corrected chi connectivity index (χ3v) is 5.16. The Hall–Kier alpha value is -3.80. The SMILES string of the molecule is CCOc1ccc(NC(=O)NC[C@@H](c2ccc(F)cc2)c2c[nH]c3ccccc23)cc1. The van der Waals surface area contributed by atoms with Gasteiger partial charge in [-0.2, -0.15) is 0 Å². The number of aromatic nitrogens is 1. The zero-order valence-electron chi connectivity index (χ0n) is 17.2. The highest BCUT2D eigenvalue weighted by Gasteiger charge is 2.19. The average molecular weight is 417 g/mol. The van der Waals surface area contributed by atoms with Crippen LogP contribution >= 0.6 is 0 Å². The number of rotatable bonds is 7. The number of halogens is 1. The lowest BCUT2D eigenvalue weighted by Gasteiger charge is -2.18. The van der Waals surface area contributed by atoms with E-state index < -0.39 is 0 Å². The lowest BCUT2D eigenvalue weighted by molar-refractivity contribution is 0.252. The number of amides is 2. The molecule has 0 spiro atoms. The van der Waals surface area contributed by atoms with Gasteiger partial charge in [0.05, 0.1) is 6.61 Å². The third-order valence-electron chi connectivity index (χ3n) is 5.16. The van der Waals surface area contributed by atoms with E-state index in [1.807, 2.05) is 49.5 Å². The number of para-hydroxylation sites is 1. The predicted molar refractivity (Wildman–Crippen MR) is 121 cm³/mol. The number of anilines is 1. The van der Waals surface area contributed by atoms with Gasteiger partial charge in [-0.05, 0) is 60.5 Å². The minimum Gasteiger partial charge on any atom is -0.494 e. The molecule has 0 unspecified atom stereocenters. The van der Waals surface area contributed by atoms with Crippen LogP contribution < -0.4 is 15.4 Å². The molecule has 1 heterocycles. The molecular weight excluding hydrogens is 393 g/mol. The Bertz CT molecular complexity index is 1150. The van der Waals surface area contributed by atoms with E-state index in [9.17, 15) is 9.18 Å². The van der Waals surface area contributed by atoms with Crippen molar-refractivity contribution in [1.29, 1.82) is 0 Å². The molecule has 31 heavy (non-hydrogen) atoms. The van der Waals surface area contributed by atoms with Crippen molar-refractivity contribution >= 4 is 22.6 Å². The van der Waals surface area contributed by atoms with Gasteiger partial charge in [-0.15, -0.1) is 0 Å². The van der Waals surface area contributed by atoms with Gasteiger partial charge in [-0.3, -0.25) is 0 Å². The number of nitrogens with one attached hydrogen (secondary N) is 3. The fraction of sp³-hybridized carbons (Fsp3) is 0.160. The van der Waals surface area contributed by atoms with Crippen molar-refractivity contribution in [3.8, 4) is 5.75 Å². The van der Waals surface area contributed by atoms with E-state index in [1.54, 1.807) is 24.3 Å². The molecule has 0 aliphatic carbocycles. The second kappa shape index (κ2) is 9.34. The maximum Gasteiger partial charge on any atom is 0.319 e. The van der Waals surface area contributed by atoms with Gasteiger partial charge in [0.15, 0.2) is 0 Å². The molecule has 0 aliphatic rings. The van der Waals surface area contributed by atoms with Gasteiger partial charge in [0, 0.05) is 35.2 Å². The number of H-pyrrole nitrogens is 1. The summed E-state index contributed by atoms with van der Waals surface area (Å²) in [6, 6.07) is 21.3. The molecule has 6 heteroatoms. The first kappa shape index (κ1) is 20.5. The number of fused-ring (bicyclic) bond motifs is 1. The Morgan fingerprint density at radius 2 is 1.77 bits per heavy atom. The molecule has 1 atom stereocenters. The molecule has 158 valence electrons. The summed E-state index contributed by atoms with van der Waals surface area (Å²) in [5.74, 6) is 0.328. The zero-order valence-corrected chi connectivity index (χ0v) is 17.2. The van der Waals surface area contributed by atoms with E-state index >= 15 is 0 Å². The summed E-state index contributed by atoms with van der Waals surface area (Å²) in [7, 11) is 0. The van der Waals surface area contributed by atoms with Crippen LogP contribution in [-0.2, 0) is 0 Å². The van der Waals surface area contributed by atoms with E-state index in [2.05, 4.69) is 15.6 Å². The number of urea groups is 1. The highest BCUT2D eigenvalue weighted by molar-refractivity contribution is 5.89. The van der Waals surface area contributed by atoms with Crippen LogP contribution in [0.4, 0.5) is 14.9 Å². The molecule has 0 fully saturated rings. The van der Waals surface area contributed by atoms with Crippen molar-refractivity contribution in [2.75, 3.05) is 18.5 Å². The van der Waals surface area contributed by atoms with Gasteiger partial charge in [-0.1, -0.05) is 30.3 Å². The number of hydrogen-bond donors (Lipinski definition) is 3. The molecule has 2 amide bonds. The molecule has 0 saturated heterocycles. The Kier molecular flexibility index (Phi) is 6.17. The standard InChI is InChI=1S/C25H24FN3O2/c1-2-31-20-13-11-19(12-14-20)29-25(30)28-15-22(17-7-9-18(26)10-8-17)23-16-27-24-6-4-3-5-21(23)24/h3-14,16,22,27H,2,15H2,1H3,(H2,28,29,30)/t22-/m0/s1. The zero-order chi connectivity index (χ0) is 21.6. The Morgan fingerprint density at radius 3 is 2.52 bits per heavy atom. The molecule has 3 aromatic carbocycles. The van der Waals surface area contributed by atoms with Crippen LogP contribution in [0.25, 0.3) is 10.9 Å². The number of carbonyl (C=O) groups excluding carboxylic acids is 1. The van der Waals surface area contributed by atoms with E-state index in [1.165, 1.54) is 12.1 Å². The minimum atomic E-state index is -0.309. The molecule has 5 nitrogen and oxygen atoms in total. The number of aromatic amines is 1. The normalized spacial score (nSPS) is 11.8. The molecular formula is C25H24FN3O2. The topological polar surface area (TPSA) is 66.2 Å². The Morgan fingerprint density at radius 1 is 1.03 bits per heavy atom. The van der Waals surface area contributed by atoms with Gasteiger partial charge in [0.2, 0.25) is 0 Å². The fourth-order valence-corrected chi connectivity index (χ4v) is 3.66. The van der Waals surface area contributed by atoms with Crippen LogP contribution in [0.2, 0.25) is 0 Å². The summed E-state index contributed by atoms with van der Waals surface area (Å²) in [6.07, 6.45) is 1.95. The first-order valence-electron chi connectivity index (χ1n) is 10.2. The third kappa shape index (κ3) is 4.86. The Balaban J connectivity index is 1.51. The van der Waals surface area contributed by atoms with Crippen molar-refractivity contribution in [3.63, 3.8) is 0 Å². The summed E-state index contributed by atoms with van der Waals surface area (Å²) >= 11 is 0. The van der Waals surface area contributed by atoms with Gasteiger partial charge < -0.3 is 20.4 Å². The number of ether oxygens (including phenoxy) is 1. The summed E-state index contributed by atoms with van der Waals surface area (Å²) < 4.78 is 18.9. The van der Waals surface area contributed by atoms with Crippen molar-refractivity contribution in [3.05, 3.63) is 95.9 Å². The summed E-state index contributed by atoms with van der Waals surface area (Å²) in [5, 5.41) is 6.86.